The summed E-state index contributed by atoms with van der Waals surface area (Å²) in [6.45, 7) is 11.8. The van der Waals surface area contributed by atoms with Gasteiger partial charge in [0.25, 0.3) is 5.78 Å². The molecule has 1 aliphatic rings. The van der Waals surface area contributed by atoms with Crippen molar-refractivity contribution >= 4 is 24.3 Å². The number of carbonyl (C=O) groups is 2. The molecule has 136 valence electrons. The van der Waals surface area contributed by atoms with Crippen LogP contribution in [0.25, 0.3) is 0 Å². The first-order chi connectivity index (χ1) is 11.6. The zero-order valence-electron chi connectivity index (χ0n) is 15.7. The molecule has 6 nitrogen and oxygen atoms in total. The summed E-state index contributed by atoms with van der Waals surface area (Å²) in [7, 11) is -0.573. The largest absolute Gasteiger partial charge is 0.494 e. The molecule has 0 unspecified atom stereocenters. The zero-order chi connectivity index (χ0) is 18.8. The second kappa shape index (κ2) is 7.18. The van der Waals surface area contributed by atoms with Crippen LogP contribution in [0.2, 0.25) is 0 Å². The van der Waals surface area contributed by atoms with E-state index in [9.17, 15) is 9.59 Å². The maximum atomic E-state index is 12.3. The van der Waals surface area contributed by atoms with Crippen LogP contribution in [0.15, 0.2) is 18.2 Å². The van der Waals surface area contributed by atoms with E-state index in [2.05, 4.69) is 0 Å². The van der Waals surface area contributed by atoms with Crippen LogP contribution in [0.3, 0.4) is 0 Å². The predicted molar refractivity (Wildman–Crippen MR) is 94.3 cm³/mol. The molecule has 0 amide bonds. The molecule has 1 aromatic carbocycles. The molecule has 0 atom stereocenters. The van der Waals surface area contributed by atoms with Gasteiger partial charge in [-0.05, 0) is 59.1 Å². The molecular weight excluding hydrogens is 323 g/mol. The van der Waals surface area contributed by atoms with Crippen LogP contribution < -0.4 is 10.2 Å². The maximum Gasteiger partial charge on any atom is 0.494 e. The van der Waals surface area contributed by atoms with E-state index in [4.69, 9.17) is 18.8 Å². The van der Waals surface area contributed by atoms with Gasteiger partial charge in [-0.2, -0.15) is 0 Å². The smallest absolute Gasteiger partial charge is 0.493 e. The fourth-order valence-electron chi connectivity index (χ4n) is 2.43. The molecule has 1 saturated heterocycles. The summed E-state index contributed by atoms with van der Waals surface area (Å²) in [6, 6.07) is 4.93. The Morgan fingerprint density at radius 3 is 2.16 bits per heavy atom. The number of ketones is 1. The first-order valence-corrected chi connectivity index (χ1v) is 8.46. The average Bonchev–Trinajstić information content (AvgIpc) is 2.75. The van der Waals surface area contributed by atoms with Crippen LogP contribution in [0.5, 0.6) is 5.75 Å². The van der Waals surface area contributed by atoms with Crippen LogP contribution in [-0.2, 0) is 18.8 Å². The standard InChI is InChI=1S/C18H25BO6/c1-7-22-14-11-12(19-24-17(3,4)18(5,6)25-19)9-10-13(14)15(20)16(21)23-8-2/h9-11H,7-8H2,1-6H3. The Morgan fingerprint density at radius 2 is 1.64 bits per heavy atom. The SMILES string of the molecule is CCOC(=O)C(=O)c1ccc(B2OC(C)(C)C(C)(C)O2)cc1OCC. The minimum absolute atomic E-state index is 0.139. The highest BCUT2D eigenvalue weighted by Gasteiger charge is 2.51. The Balaban J connectivity index is 2.33. The Kier molecular flexibility index (Phi) is 5.59. The van der Waals surface area contributed by atoms with Crippen molar-refractivity contribution < 1.29 is 28.4 Å². The van der Waals surface area contributed by atoms with Gasteiger partial charge in [-0.1, -0.05) is 6.07 Å². The fraction of sp³-hybridized carbons (Fsp3) is 0.556. The molecule has 2 rings (SSSR count). The van der Waals surface area contributed by atoms with E-state index in [1.54, 1.807) is 32.0 Å². The summed E-state index contributed by atoms with van der Waals surface area (Å²) < 4.78 is 22.4. The van der Waals surface area contributed by atoms with Gasteiger partial charge in [-0.3, -0.25) is 4.79 Å². The third-order valence-electron chi connectivity index (χ3n) is 4.54. The van der Waals surface area contributed by atoms with Crippen molar-refractivity contribution in [1.29, 1.82) is 0 Å². The molecule has 1 heterocycles. The highest BCUT2D eigenvalue weighted by atomic mass is 16.7. The van der Waals surface area contributed by atoms with Gasteiger partial charge >= 0.3 is 13.1 Å². The van der Waals surface area contributed by atoms with E-state index in [0.717, 1.165) is 5.46 Å². The molecule has 7 heteroatoms. The molecule has 0 N–H and O–H groups in total. The van der Waals surface area contributed by atoms with Crippen molar-refractivity contribution in [3.8, 4) is 5.75 Å². The number of benzene rings is 1. The number of hydrogen-bond acceptors (Lipinski definition) is 6. The van der Waals surface area contributed by atoms with Gasteiger partial charge in [0.05, 0.1) is 30.0 Å². The molecule has 0 aromatic heterocycles. The van der Waals surface area contributed by atoms with E-state index in [-0.39, 0.29) is 12.2 Å². The fourth-order valence-corrected chi connectivity index (χ4v) is 2.43. The Bertz CT molecular complexity index is 652. The van der Waals surface area contributed by atoms with Gasteiger partial charge in [0.15, 0.2) is 0 Å². The minimum atomic E-state index is -0.896. The van der Waals surface area contributed by atoms with Crippen molar-refractivity contribution in [2.75, 3.05) is 13.2 Å². The molecule has 25 heavy (non-hydrogen) atoms. The minimum Gasteiger partial charge on any atom is -0.493 e. The molecular formula is C18H25BO6. The van der Waals surface area contributed by atoms with E-state index < -0.39 is 30.1 Å². The lowest BCUT2D eigenvalue weighted by molar-refractivity contribution is -0.137. The highest BCUT2D eigenvalue weighted by molar-refractivity contribution is 6.62. The van der Waals surface area contributed by atoms with Crippen molar-refractivity contribution in [2.24, 2.45) is 0 Å². The van der Waals surface area contributed by atoms with Crippen LogP contribution in [-0.4, -0.2) is 43.3 Å². The molecule has 0 radical (unpaired) electrons. The van der Waals surface area contributed by atoms with Crippen LogP contribution in [0, 0.1) is 0 Å². The lowest BCUT2D eigenvalue weighted by Crippen LogP contribution is -2.41. The summed E-state index contributed by atoms with van der Waals surface area (Å²) in [4.78, 5) is 24.0. The van der Waals surface area contributed by atoms with Gasteiger partial charge < -0.3 is 18.8 Å². The number of ether oxygens (including phenoxy) is 2. The van der Waals surface area contributed by atoms with Crippen molar-refractivity contribution in [3.05, 3.63) is 23.8 Å². The third-order valence-corrected chi connectivity index (χ3v) is 4.54. The van der Waals surface area contributed by atoms with E-state index in [1.165, 1.54) is 0 Å². The number of hydrogen-bond donors (Lipinski definition) is 0. The molecule has 0 saturated carbocycles. The second-order valence-corrected chi connectivity index (χ2v) is 6.83. The molecule has 0 spiro atoms. The monoisotopic (exact) mass is 348 g/mol. The van der Waals surface area contributed by atoms with Gasteiger partial charge in [-0.15, -0.1) is 0 Å². The topological polar surface area (TPSA) is 71.1 Å². The van der Waals surface area contributed by atoms with Gasteiger partial charge in [0, 0.05) is 0 Å². The average molecular weight is 348 g/mol. The van der Waals surface area contributed by atoms with E-state index in [1.807, 2.05) is 27.7 Å². The Morgan fingerprint density at radius 1 is 1.04 bits per heavy atom. The summed E-state index contributed by atoms with van der Waals surface area (Å²) in [5.74, 6) is -1.31. The van der Waals surface area contributed by atoms with Crippen molar-refractivity contribution in [2.45, 2.75) is 52.7 Å². The highest BCUT2D eigenvalue weighted by Crippen LogP contribution is 2.36. The number of rotatable bonds is 6. The first kappa shape index (κ1) is 19.5. The van der Waals surface area contributed by atoms with Gasteiger partial charge in [0.1, 0.15) is 5.75 Å². The molecule has 0 aliphatic carbocycles. The lowest BCUT2D eigenvalue weighted by atomic mass is 9.78. The van der Waals surface area contributed by atoms with E-state index in [0.29, 0.717) is 12.4 Å². The predicted octanol–water partition coefficient (Wildman–Crippen LogP) is 2.13. The normalized spacial score (nSPS) is 18.1. The molecule has 0 bridgehead atoms. The Labute approximate surface area is 148 Å². The van der Waals surface area contributed by atoms with Crippen LogP contribution in [0.1, 0.15) is 51.9 Å². The molecule has 1 aliphatic heterocycles. The van der Waals surface area contributed by atoms with Gasteiger partial charge in [-0.25, -0.2) is 4.79 Å². The third kappa shape index (κ3) is 3.88. The first-order valence-electron chi connectivity index (χ1n) is 8.46. The summed E-state index contributed by atoms with van der Waals surface area (Å²) >= 11 is 0. The maximum absolute atomic E-state index is 12.3. The summed E-state index contributed by atoms with van der Waals surface area (Å²) in [5.41, 5.74) is -0.0470. The van der Waals surface area contributed by atoms with Crippen molar-refractivity contribution in [1.82, 2.24) is 0 Å². The number of esters is 1. The van der Waals surface area contributed by atoms with E-state index >= 15 is 0 Å². The van der Waals surface area contributed by atoms with Gasteiger partial charge in [0.2, 0.25) is 0 Å². The van der Waals surface area contributed by atoms with Crippen molar-refractivity contribution in [3.63, 3.8) is 0 Å². The quantitative estimate of drug-likeness (QED) is 0.339. The zero-order valence-corrected chi connectivity index (χ0v) is 15.7. The van der Waals surface area contributed by atoms with Crippen LogP contribution in [0.4, 0.5) is 0 Å². The van der Waals surface area contributed by atoms with Crippen LogP contribution >= 0.6 is 0 Å². The second-order valence-electron chi connectivity index (χ2n) is 6.83. The summed E-state index contributed by atoms with van der Waals surface area (Å²) in [6.07, 6.45) is 0. The molecule has 1 aromatic rings. The Hall–Kier alpha value is -1.86. The number of carbonyl (C=O) groups excluding carboxylic acids is 2. The molecule has 1 fully saturated rings. The summed E-state index contributed by atoms with van der Waals surface area (Å²) in [5, 5.41) is 0. The number of Topliss-reactive ketones (excluding diaryl/α,β-unsaturated/α-hetero) is 1. The lowest BCUT2D eigenvalue weighted by Gasteiger charge is -2.32.